The summed E-state index contributed by atoms with van der Waals surface area (Å²) in [7, 11) is 5.71. The van der Waals surface area contributed by atoms with Crippen LogP contribution in [0.4, 0.5) is 0 Å². The second-order valence-corrected chi connectivity index (χ2v) is 7.31. The molecule has 0 aromatic heterocycles. The predicted octanol–water partition coefficient (Wildman–Crippen LogP) is 1.63. The molecule has 0 amide bonds. The Morgan fingerprint density at radius 1 is 1.12 bits per heavy atom. The molecule has 1 atom stereocenters. The first-order valence-electron chi connectivity index (χ1n) is 9.53. The van der Waals surface area contributed by atoms with Gasteiger partial charge in [0, 0.05) is 52.4 Å². The number of methoxy groups -OCH3 is 1. The number of hydrogen-bond acceptors (Lipinski definition) is 4. The van der Waals surface area contributed by atoms with Crippen LogP contribution in [0.2, 0.25) is 0 Å². The molecule has 1 aliphatic rings. The number of piperazine rings is 1. The van der Waals surface area contributed by atoms with E-state index in [1.807, 2.05) is 19.2 Å². The van der Waals surface area contributed by atoms with Crippen molar-refractivity contribution in [2.45, 2.75) is 26.4 Å². The molecule has 0 saturated carbocycles. The van der Waals surface area contributed by atoms with Gasteiger partial charge < -0.3 is 20.3 Å². The zero-order chi connectivity index (χ0) is 18.9. The molecule has 0 spiro atoms. The average molecular weight is 362 g/mol. The molecule has 0 aliphatic carbocycles. The first kappa shape index (κ1) is 20.5. The molecule has 1 heterocycles. The maximum Gasteiger partial charge on any atom is 0.191 e. The van der Waals surface area contributed by atoms with E-state index in [9.17, 15) is 0 Å². The zero-order valence-electron chi connectivity index (χ0n) is 17.0. The lowest BCUT2D eigenvalue weighted by Gasteiger charge is -2.40. The van der Waals surface area contributed by atoms with Gasteiger partial charge in [0.1, 0.15) is 5.75 Å². The Kier molecular flexibility index (Phi) is 8.19. The normalized spacial score (nSPS) is 18.0. The zero-order valence-corrected chi connectivity index (χ0v) is 17.0. The van der Waals surface area contributed by atoms with Gasteiger partial charge >= 0.3 is 0 Å². The van der Waals surface area contributed by atoms with Gasteiger partial charge in [-0.05, 0) is 30.7 Å². The van der Waals surface area contributed by atoms with Crippen molar-refractivity contribution < 1.29 is 4.74 Å². The molecule has 6 heteroatoms. The SMILES string of the molecule is CN=C(NCc1ccc(OC)cc1)NCC(C(C)C)N1CCN(C)CC1. The summed E-state index contributed by atoms with van der Waals surface area (Å²) in [5.41, 5.74) is 1.20. The van der Waals surface area contributed by atoms with Crippen LogP contribution >= 0.6 is 0 Å². The summed E-state index contributed by atoms with van der Waals surface area (Å²) in [5.74, 6) is 2.33. The van der Waals surface area contributed by atoms with E-state index in [2.05, 4.69) is 58.5 Å². The highest BCUT2D eigenvalue weighted by molar-refractivity contribution is 5.79. The van der Waals surface area contributed by atoms with Crippen molar-refractivity contribution in [3.05, 3.63) is 29.8 Å². The lowest BCUT2D eigenvalue weighted by Crippen LogP contribution is -2.55. The van der Waals surface area contributed by atoms with Gasteiger partial charge in [-0.25, -0.2) is 0 Å². The molecule has 1 aromatic carbocycles. The number of nitrogens with zero attached hydrogens (tertiary/aromatic N) is 3. The van der Waals surface area contributed by atoms with Crippen molar-refractivity contribution in [3.63, 3.8) is 0 Å². The smallest absolute Gasteiger partial charge is 0.191 e. The van der Waals surface area contributed by atoms with E-state index in [-0.39, 0.29) is 0 Å². The van der Waals surface area contributed by atoms with E-state index in [0.29, 0.717) is 12.0 Å². The molecule has 2 N–H and O–H groups in total. The fourth-order valence-electron chi connectivity index (χ4n) is 3.29. The number of nitrogens with one attached hydrogen (secondary N) is 2. The lowest BCUT2D eigenvalue weighted by molar-refractivity contribution is 0.0900. The van der Waals surface area contributed by atoms with Gasteiger partial charge in [-0.1, -0.05) is 26.0 Å². The Balaban J connectivity index is 1.83. The Bertz CT molecular complexity index is 550. The third-order valence-corrected chi connectivity index (χ3v) is 5.10. The minimum Gasteiger partial charge on any atom is -0.497 e. The average Bonchev–Trinajstić information content (AvgIpc) is 2.66. The van der Waals surface area contributed by atoms with Gasteiger partial charge in [-0.2, -0.15) is 0 Å². The molecular weight excluding hydrogens is 326 g/mol. The van der Waals surface area contributed by atoms with Crippen LogP contribution < -0.4 is 15.4 Å². The van der Waals surface area contributed by atoms with Gasteiger partial charge in [-0.3, -0.25) is 9.89 Å². The largest absolute Gasteiger partial charge is 0.497 e. The third-order valence-electron chi connectivity index (χ3n) is 5.10. The van der Waals surface area contributed by atoms with Crippen molar-refractivity contribution >= 4 is 5.96 Å². The molecule has 6 nitrogen and oxygen atoms in total. The Hall–Kier alpha value is -1.79. The Morgan fingerprint density at radius 3 is 2.31 bits per heavy atom. The van der Waals surface area contributed by atoms with Crippen molar-refractivity contribution in [2.24, 2.45) is 10.9 Å². The van der Waals surface area contributed by atoms with Crippen molar-refractivity contribution in [3.8, 4) is 5.75 Å². The van der Waals surface area contributed by atoms with Crippen molar-refractivity contribution in [1.29, 1.82) is 0 Å². The highest BCUT2D eigenvalue weighted by Crippen LogP contribution is 2.13. The van der Waals surface area contributed by atoms with Crippen LogP contribution in [0.3, 0.4) is 0 Å². The van der Waals surface area contributed by atoms with E-state index in [4.69, 9.17) is 4.74 Å². The van der Waals surface area contributed by atoms with Crippen LogP contribution in [-0.4, -0.2) is 75.7 Å². The molecule has 0 radical (unpaired) electrons. The first-order valence-corrected chi connectivity index (χ1v) is 9.53. The number of aliphatic imine (C=N–C) groups is 1. The molecule has 146 valence electrons. The van der Waals surface area contributed by atoms with Gasteiger partial charge in [0.05, 0.1) is 7.11 Å². The summed E-state index contributed by atoms with van der Waals surface area (Å²) in [6.07, 6.45) is 0. The number of benzene rings is 1. The molecule has 26 heavy (non-hydrogen) atoms. The summed E-state index contributed by atoms with van der Waals surface area (Å²) in [4.78, 5) is 9.37. The minimum absolute atomic E-state index is 0.517. The van der Waals surface area contributed by atoms with E-state index < -0.39 is 0 Å². The fourth-order valence-corrected chi connectivity index (χ4v) is 3.29. The Labute approximate surface area is 158 Å². The maximum absolute atomic E-state index is 5.20. The molecule has 2 rings (SSSR count). The number of ether oxygens (including phenoxy) is 1. The highest BCUT2D eigenvalue weighted by Gasteiger charge is 2.24. The topological polar surface area (TPSA) is 52.1 Å². The van der Waals surface area contributed by atoms with Crippen LogP contribution in [0.5, 0.6) is 5.75 Å². The summed E-state index contributed by atoms with van der Waals surface area (Å²) in [5, 5.41) is 6.91. The first-order chi connectivity index (χ1) is 12.5. The molecule has 1 fully saturated rings. The Morgan fingerprint density at radius 2 is 1.77 bits per heavy atom. The summed E-state index contributed by atoms with van der Waals surface area (Å²) < 4.78 is 5.20. The summed E-state index contributed by atoms with van der Waals surface area (Å²) in [6.45, 7) is 10.8. The van der Waals surface area contributed by atoms with Crippen LogP contribution in [0.15, 0.2) is 29.3 Å². The summed E-state index contributed by atoms with van der Waals surface area (Å²) >= 11 is 0. The summed E-state index contributed by atoms with van der Waals surface area (Å²) in [6, 6.07) is 8.62. The fraction of sp³-hybridized carbons (Fsp3) is 0.650. The van der Waals surface area contributed by atoms with Crippen LogP contribution in [-0.2, 0) is 6.54 Å². The monoisotopic (exact) mass is 361 g/mol. The van der Waals surface area contributed by atoms with Gasteiger partial charge in [0.2, 0.25) is 0 Å². The second kappa shape index (κ2) is 10.4. The van der Waals surface area contributed by atoms with E-state index in [1.54, 1.807) is 7.11 Å². The number of likely N-dealkylation sites (N-methyl/N-ethyl adjacent to an activating group) is 1. The van der Waals surface area contributed by atoms with Crippen molar-refractivity contribution in [2.75, 3.05) is 53.9 Å². The molecular formula is C20H35N5O. The van der Waals surface area contributed by atoms with Crippen LogP contribution in [0.1, 0.15) is 19.4 Å². The molecule has 1 unspecified atom stereocenters. The number of rotatable bonds is 7. The third kappa shape index (κ3) is 6.18. The lowest BCUT2D eigenvalue weighted by atomic mass is 10.0. The maximum atomic E-state index is 5.20. The quantitative estimate of drug-likeness (QED) is 0.571. The van der Waals surface area contributed by atoms with Gasteiger partial charge in [0.15, 0.2) is 5.96 Å². The van der Waals surface area contributed by atoms with Crippen molar-refractivity contribution in [1.82, 2.24) is 20.4 Å². The molecule has 0 bridgehead atoms. The van der Waals surface area contributed by atoms with E-state index >= 15 is 0 Å². The number of hydrogen-bond donors (Lipinski definition) is 2. The minimum atomic E-state index is 0.517. The van der Waals surface area contributed by atoms with Gasteiger partial charge in [-0.15, -0.1) is 0 Å². The van der Waals surface area contributed by atoms with Crippen LogP contribution in [0.25, 0.3) is 0 Å². The molecule has 1 aliphatic heterocycles. The predicted molar refractivity (Wildman–Crippen MR) is 109 cm³/mol. The number of guanidine groups is 1. The van der Waals surface area contributed by atoms with Crippen LogP contribution in [0, 0.1) is 5.92 Å². The molecule has 1 saturated heterocycles. The molecule has 1 aromatic rings. The van der Waals surface area contributed by atoms with E-state index in [0.717, 1.165) is 51.0 Å². The highest BCUT2D eigenvalue weighted by atomic mass is 16.5. The standard InChI is InChI=1S/C20H35N5O/c1-16(2)19(25-12-10-24(4)11-13-25)15-23-20(21-3)22-14-17-6-8-18(26-5)9-7-17/h6-9,16,19H,10-15H2,1-5H3,(H2,21,22,23). The van der Waals surface area contributed by atoms with E-state index in [1.165, 1.54) is 5.56 Å². The van der Waals surface area contributed by atoms with Gasteiger partial charge in [0.25, 0.3) is 0 Å². The second-order valence-electron chi connectivity index (χ2n) is 7.31.